The fraction of sp³-hybridized carbons (Fsp3) is 0.130. The van der Waals surface area contributed by atoms with E-state index in [1.165, 1.54) is 7.11 Å². The second-order valence-electron chi connectivity index (χ2n) is 6.21. The molecule has 0 saturated heterocycles. The van der Waals surface area contributed by atoms with E-state index >= 15 is 0 Å². The molecule has 0 aliphatic carbocycles. The summed E-state index contributed by atoms with van der Waals surface area (Å²) in [6.45, 7) is -0.513. The highest BCUT2D eigenvalue weighted by molar-refractivity contribution is 5.83. The zero-order valence-electron chi connectivity index (χ0n) is 16.5. The van der Waals surface area contributed by atoms with E-state index in [1.807, 2.05) is 42.5 Å². The Bertz CT molecular complexity index is 974. The molecule has 0 heterocycles. The number of amides is 2. The minimum Gasteiger partial charge on any atom is -0.493 e. The van der Waals surface area contributed by atoms with Crippen molar-refractivity contribution in [3.05, 3.63) is 78.9 Å². The number of carbonyl (C=O) groups is 2. The Balaban J connectivity index is 1.39. The summed E-state index contributed by atoms with van der Waals surface area (Å²) in [5.74, 6) is 0.495. The van der Waals surface area contributed by atoms with Crippen LogP contribution in [0.2, 0.25) is 0 Å². The van der Waals surface area contributed by atoms with Gasteiger partial charge in [-0.3, -0.25) is 20.4 Å². The van der Waals surface area contributed by atoms with Crippen LogP contribution in [0.4, 0.5) is 0 Å². The van der Waals surface area contributed by atoms with E-state index < -0.39 is 11.8 Å². The molecular weight excluding hydrogens is 384 g/mol. The molecule has 3 rings (SSSR count). The lowest BCUT2D eigenvalue weighted by molar-refractivity contribution is -0.131. The maximum Gasteiger partial charge on any atom is 0.276 e. The molecule has 0 bridgehead atoms. The molecule has 0 radical (unpaired) electrons. The summed E-state index contributed by atoms with van der Waals surface area (Å²) in [7, 11) is 1.51. The predicted octanol–water partition coefficient (Wildman–Crippen LogP) is 2.97. The number of hydrazine groups is 1. The molecule has 0 fully saturated rings. The average molecular weight is 406 g/mol. The zero-order chi connectivity index (χ0) is 21.2. The summed E-state index contributed by atoms with van der Waals surface area (Å²) >= 11 is 0. The van der Waals surface area contributed by atoms with Gasteiger partial charge in [-0.05, 0) is 35.4 Å². The molecule has 3 aromatic rings. The number of methoxy groups -OCH3 is 1. The molecule has 2 amide bonds. The monoisotopic (exact) mass is 406 g/mol. The van der Waals surface area contributed by atoms with Crippen molar-refractivity contribution in [2.24, 2.45) is 0 Å². The van der Waals surface area contributed by atoms with Crippen molar-refractivity contribution < 1.29 is 23.8 Å². The van der Waals surface area contributed by atoms with Gasteiger partial charge < -0.3 is 14.2 Å². The van der Waals surface area contributed by atoms with E-state index in [-0.39, 0.29) is 13.2 Å². The van der Waals surface area contributed by atoms with E-state index in [0.29, 0.717) is 17.2 Å². The molecule has 7 nitrogen and oxygen atoms in total. The van der Waals surface area contributed by atoms with Crippen molar-refractivity contribution in [1.29, 1.82) is 0 Å². The smallest absolute Gasteiger partial charge is 0.276 e. The van der Waals surface area contributed by atoms with Crippen molar-refractivity contribution >= 4 is 11.8 Å². The van der Waals surface area contributed by atoms with Crippen LogP contribution < -0.4 is 25.1 Å². The SMILES string of the molecule is COc1ccccc1OCC(=O)NNC(=O)COc1ccc(-c2ccccc2)cc1. The first-order chi connectivity index (χ1) is 14.7. The molecule has 0 spiro atoms. The predicted molar refractivity (Wildman–Crippen MR) is 112 cm³/mol. The number of rotatable bonds is 8. The van der Waals surface area contributed by atoms with Crippen molar-refractivity contribution in [1.82, 2.24) is 10.9 Å². The van der Waals surface area contributed by atoms with Gasteiger partial charge in [0.05, 0.1) is 7.11 Å². The van der Waals surface area contributed by atoms with E-state index in [1.54, 1.807) is 36.4 Å². The van der Waals surface area contributed by atoms with Gasteiger partial charge in [-0.1, -0.05) is 54.6 Å². The number of para-hydroxylation sites is 2. The Morgan fingerprint density at radius 1 is 0.667 bits per heavy atom. The number of ether oxygens (including phenoxy) is 3. The van der Waals surface area contributed by atoms with Crippen molar-refractivity contribution in [2.45, 2.75) is 0 Å². The largest absolute Gasteiger partial charge is 0.493 e. The van der Waals surface area contributed by atoms with Gasteiger partial charge in [0.25, 0.3) is 11.8 Å². The molecule has 7 heteroatoms. The maximum atomic E-state index is 11.9. The van der Waals surface area contributed by atoms with Gasteiger partial charge in [-0.2, -0.15) is 0 Å². The highest BCUT2D eigenvalue weighted by Gasteiger charge is 2.09. The molecule has 0 aliphatic rings. The molecule has 0 atom stereocenters. The van der Waals surface area contributed by atoms with E-state index in [9.17, 15) is 9.59 Å². The summed E-state index contributed by atoms with van der Waals surface area (Å²) in [5, 5.41) is 0. The third kappa shape index (κ3) is 6.00. The summed E-state index contributed by atoms with van der Waals surface area (Å²) in [4.78, 5) is 23.7. The first-order valence-electron chi connectivity index (χ1n) is 9.27. The molecule has 0 aromatic heterocycles. The van der Waals surface area contributed by atoms with Gasteiger partial charge in [0.15, 0.2) is 24.7 Å². The first-order valence-corrected chi connectivity index (χ1v) is 9.27. The van der Waals surface area contributed by atoms with E-state index in [0.717, 1.165) is 11.1 Å². The van der Waals surface area contributed by atoms with Crippen LogP contribution in [0.3, 0.4) is 0 Å². The maximum absolute atomic E-state index is 11.9. The van der Waals surface area contributed by atoms with Crippen molar-refractivity contribution in [3.63, 3.8) is 0 Å². The fourth-order valence-corrected chi connectivity index (χ4v) is 2.62. The minimum atomic E-state index is -0.513. The summed E-state index contributed by atoms with van der Waals surface area (Å²) in [6.07, 6.45) is 0. The third-order valence-electron chi connectivity index (χ3n) is 4.10. The number of hydrogen-bond acceptors (Lipinski definition) is 5. The number of nitrogens with one attached hydrogen (secondary N) is 2. The van der Waals surface area contributed by atoms with Gasteiger partial charge in [0, 0.05) is 0 Å². The van der Waals surface area contributed by atoms with Crippen LogP contribution in [-0.4, -0.2) is 32.1 Å². The van der Waals surface area contributed by atoms with Gasteiger partial charge >= 0.3 is 0 Å². The van der Waals surface area contributed by atoms with Crippen LogP contribution >= 0.6 is 0 Å². The molecule has 0 aliphatic heterocycles. The lowest BCUT2D eigenvalue weighted by Gasteiger charge is -2.11. The fourth-order valence-electron chi connectivity index (χ4n) is 2.62. The molecule has 30 heavy (non-hydrogen) atoms. The summed E-state index contributed by atoms with van der Waals surface area (Å²) in [6, 6.07) is 24.3. The van der Waals surface area contributed by atoms with E-state index in [4.69, 9.17) is 14.2 Å². The number of benzene rings is 3. The lowest BCUT2D eigenvalue weighted by atomic mass is 10.1. The zero-order valence-corrected chi connectivity index (χ0v) is 16.5. The number of hydrogen-bond donors (Lipinski definition) is 2. The Hall–Kier alpha value is -4.00. The Morgan fingerprint density at radius 3 is 1.83 bits per heavy atom. The van der Waals surface area contributed by atoms with Crippen LogP contribution in [0.15, 0.2) is 78.9 Å². The summed E-state index contributed by atoms with van der Waals surface area (Å²) < 4.78 is 16.0. The van der Waals surface area contributed by atoms with Gasteiger partial charge in [0.2, 0.25) is 0 Å². The molecule has 154 valence electrons. The molecule has 3 aromatic carbocycles. The molecule has 0 unspecified atom stereocenters. The van der Waals surface area contributed by atoms with Crippen LogP contribution in [0, 0.1) is 0 Å². The van der Waals surface area contributed by atoms with Crippen molar-refractivity contribution in [3.8, 4) is 28.4 Å². The van der Waals surface area contributed by atoms with Crippen molar-refractivity contribution in [2.75, 3.05) is 20.3 Å². The highest BCUT2D eigenvalue weighted by atomic mass is 16.5. The Kier molecular flexibility index (Phi) is 7.27. The standard InChI is InChI=1S/C23H22N2O5/c1-28-20-9-5-6-10-21(20)30-16-23(27)25-24-22(26)15-29-19-13-11-18(12-14-19)17-7-3-2-4-8-17/h2-14H,15-16H2,1H3,(H,24,26)(H,25,27). The quantitative estimate of drug-likeness (QED) is 0.562. The topological polar surface area (TPSA) is 85.9 Å². The van der Waals surface area contributed by atoms with Gasteiger partial charge in [-0.15, -0.1) is 0 Å². The average Bonchev–Trinajstić information content (AvgIpc) is 2.81. The lowest BCUT2D eigenvalue weighted by Crippen LogP contribution is -2.45. The van der Waals surface area contributed by atoms with Crippen LogP contribution in [-0.2, 0) is 9.59 Å². The summed E-state index contributed by atoms with van der Waals surface area (Å²) in [5.41, 5.74) is 6.70. The second kappa shape index (κ2) is 10.5. The van der Waals surface area contributed by atoms with Crippen LogP contribution in [0.5, 0.6) is 17.2 Å². The molecule has 2 N–H and O–H groups in total. The molecular formula is C23H22N2O5. The van der Waals surface area contributed by atoms with Crippen LogP contribution in [0.1, 0.15) is 0 Å². The normalized spacial score (nSPS) is 10.0. The van der Waals surface area contributed by atoms with Gasteiger partial charge in [-0.25, -0.2) is 0 Å². The first kappa shape index (κ1) is 20.7. The minimum absolute atomic E-state index is 0.238. The Labute approximate surface area is 174 Å². The third-order valence-corrected chi connectivity index (χ3v) is 4.10. The molecule has 0 saturated carbocycles. The van der Waals surface area contributed by atoms with Crippen LogP contribution in [0.25, 0.3) is 11.1 Å². The van der Waals surface area contributed by atoms with E-state index in [2.05, 4.69) is 10.9 Å². The number of carbonyl (C=O) groups excluding carboxylic acids is 2. The highest BCUT2D eigenvalue weighted by Crippen LogP contribution is 2.25. The Morgan fingerprint density at radius 2 is 1.20 bits per heavy atom. The second-order valence-corrected chi connectivity index (χ2v) is 6.21. The van der Waals surface area contributed by atoms with Gasteiger partial charge in [0.1, 0.15) is 5.75 Å².